The summed E-state index contributed by atoms with van der Waals surface area (Å²) in [6.45, 7) is 2.70. The molecular formula is C16H32N2O4. The molecule has 0 radical (unpaired) electrons. The molecule has 0 aliphatic rings. The van der Waals surface area contributed by atoms with Crippen LogP contribution in [0.25, 0.3) is 0 Å². The quantitative estimate of drug-likeness (QED) is 0.450. The van der Waals surface area contributed by atoms with Gasteiger partial charge in [-0.05, 0) is 25.7 Å². The molecule has 0 saturated heterocycles. The molecule has 22 heavy (non-hydrogen) atoms. The number of carbonyl (C=O) groups excluding carboxylic acids is 2. The molecule has 0 aromatic heterocycles. The largest absolute Gasteiger partial charge is 0.385 e. The van der Waals surface area contributed by atoms with Crippen molar-refractivity contribution in [2.75, 3.05) is 40.5 Å². The summed E-state index contributed by atoms with van der Waals surface area (Å²) < 4.78 is 9.83. The number of unbranched alkanes of at least 4 members (excludes halogenated alkanes) is 3. The monoisotopic (exact) mass is 316 g/mol. The molecule has 0 heterocycles. The Morgan fingerprint density at radius 1 is 0.682 bits per heavy atom. The van der Waals surface area contributed by atoms with Crippen molar-refractivity contribution in [2.24, 2.45) is 0 Å². The van der Waals surface area contributed by atoms with Gasteiger partial charge in [-0.2, -0.15) is 0 Å². The van der Waals surface area contributed by atoms with E-state index in [0.29, 0.717) is 39.1 Å². The molecule has 2 N–H and O–H groups in total. The van der Waals surface area contributed by atoms with Crippen molar-refractivity contribution in [1.29, 1.82) is 0 Å². The highest BCUT2D eigenvalue weighted by atomic mass is 16.5. The molecule has 0 fully saturated rings. The van der Waals surface area contributed by atoms with Gasteiger partial charge in [0, 0.05) is 53.4 Å². The van der Waals surface area contributed by atoms with Crippen LogP contribution < -0.4 is 10.6 Å². The maximum atomic E-state index is 11.5. The number of nitrogens with one attached hydrogen (secondary N) is 2. The zero-order chi connectivity index (χ0) is 16.5. The maximum Gasteiger partial charge on any atom is 0.219 e. The van der Waals surface area contributed by atoms with Crippen molar-refractivity contribution in [3.8, 4) is 0 Å². The minimum atomic E-state index is 0.104. The Hall–Kier alpha value is -1.14. The lowest BCUT2D eigenvalue weighted by Crippen LogP contribution is -2.25. The van der Waals surface area contributed by atoms with Crippen LogP contribution in [0.1, 0.15) is 51.4 Å². The first-order chi connectivity index (χ1) is 10.7. The van der Waals surface area contributed by atoms with Crippen LogP contribution in [0.15, 0.2) is 0 Å². The summed E-state index contributed by atoms with van der Waals surface area (Å²) >= 11 is 0. The van der Waals surface area contributed by atoms with E-state index in [1.165, 1.54) is 0 Å². The Labute approximate surface area is 134 Å². The number of carbonyl (C=O) groups is 2. The molecule has 0 unspecified atom stereocenters. The second-order valence-corrected chi connectivity index (χ2v) is 5.31. The van der Waals surface area contributed by atoms with Crippen molar-refractivity contribution in [3.05, 3.63) is 0 Å². The van der Waals surface area contributed by atoms with Crippen molar-refractivity contribution < 1.29 is 19.1 Å². The molecule has 130 valence electrons. The highest BCUT2D eigenvalue weighted by Crippen LogP contribution is 2.05. The number of hydrogen-bond acceptors (Lipinski definition) is 4. The lowest BCUT2D eigenvalue weighted by Gasteiger charge is -2.06. The summed E-state index contributed by atoms with van der Waals surface area (Å²) in [5.41, 5.74) is 0. The minimum absolute atomic E-state index is 0.104. The SMILES string of the molecule is COCCCNC(=O)CCCCCCC(=O)NCCCOC. The molecule has 2 amide bonds. The predicted molar refractivity (Wildman–Crippen MR) is 86.7 cm³/mol. The molecule has 6 heteroatoms. The van der Waals surface area contributed by atoms with Gasteiger partial charge in [-0.1, -0.05) is 12.8 Å². The number of rotatable bonds is 15. The first kappa shape index (κ1) is 20.9. The summed E-state index contributed by atoms with van der Waals surface area (Å²) in [6, 6.07) is 0. The lowest BCUT2D eigenvalue weighted by molar-refractivity contribution is -0.122. The first-order valence-corrected chi connectivity index (χ1v) is 8.22. The van der Waals surface area contributed by atoms with Crippen molar-refractivity contribution in [3.63, 3.8) is 0 Å². The van der Waals surface area contributed by atoms with Crippen LogP contribution in [0.2, 0.25) is 0 Å². The molecule has 0 aromatic rings. The van der Waals surface area contributed by atoms with Gasteiger partial charge in [0.15, 0.2) is 0 Å². The first-order valence-electron chi connectivity index (χ1n) is 8.22. The van der Waals surface area contributed by atoms with Gasteiger partial charge in [0.05, 0.1) is 0 Å². The van der Waals surface area contributed by atoms with E-state index in [-0.39, 0.29) is 11.8 Å². The Morgan fingerprint density at radius 3 is 1.45 bits per heavy atom. The normalized spacial score (nSPS) is 10.5. The number of ether oxygens (including phenoxy) is 2. The zero-order valence-electron chi connectivity index (χ0n) is 14.1. The summed E-state index contributed by atoms with van der Waals surface area (Å²) in [6.07, 6.45) is 6.57. The number of methoxy groups -OCH3 is 2. The number of amides is 2. The Bertz CT molecular complexity index is 257. The van der Waals surface area contributed by atoms with Crippen LogP contribution in [0.5, 0.6) is 0 Å². The Balaban J connectivity index is 3.28. The van der Waals surface area contributed by atoms with E-state index < -0.39 is 0 Å². The highest BCUT2D eigenvalue weighted by molar-refractivity contribution is 5.76. The third kappa shape index (κ3) is 15.3. The van der Waals surface area contributed by atoms with Crippen LogP contribution in [-0.4, -0.2) is 52.3 Å². The minimum Gasteiger partial charge on any atom is -0.385 e. The molecule has 6 nitrogen and oxygen atoms in total. The van der Waals surface area contributed by atoms with Crippen molar-refractivity contribution in [2.45, 2.75) is 51.4 Å². The standard InChI is InChI=1S/C16H32N2O4/c1-21-13-7-11-17-15(19)9-5-3-4-6-10-16(20)18-12-8-14-22-2/h3-14H2,1-2H3,(H,17,19)(H,18,20). The topological polar surface area (TPSA) is 76.7 Å². The van der Waals surface area contributed by atoms with E-state index in [1.807, 2.05) is 0 Å². The fourth-order valence-electron chi connectivity index (χ4n) is 1.99. The molecule has 0 saturated carbocycles. The molecular weight excluding hydrogens is 284 g/mol. The Morgan fingerprint density at radius 2 is 1.09 bits per heavy atom. The smallest absolute Gasteiger partial charge is 0.219 e. The van der Waals surface area contributed by atoms with Crippen LogP contribution >= 0.6 is 0 Å². The molecule has 0 aliphatic carbocycles. The van der Waals surface area contributed by atoms with Crippen LogP contribution in [0.3, 0.4) is 0 Å². The number of hydrogen-bond donors (Lipinski definition) is 2. The van der Waals surface area contributed by atoms with E-state index in [0.717, 1.165) is 38.5 Å². The third-order valence-corrected chi connectivity index (χ3v) is 3.25. The van der Waals surface area contributed by atoms with Gasteiger partial charge in [-0.15, -0.1) is 0 Å². The van der Waals surface area contributed by atoms with Gasteiger partial charge < -0.3 is 20.1 Å². The van der Waals surface area contributed by atoms with Crippen LogP contribution in [0, 0.1) is 0 Å². The predicted octanol–water partition coefficient (Wildman–Crippen LogP) is 1.63. The lowest BCUT2D eigenvalue weighted by atomic mass is 10.1. The zero-order valence-corrected chi connectivity index (χ0v) is 14.1. The third-order valence-electron chi connectivity index (χ3n) is 3.25. The van der Waals surface area contributed by atoms with Crippen molar-refractivity contribution >= 4 is 11.8 Å². The summed E-state index contributed by atoms with van der Waals surface area (Å²) in [4.78, 5) is 23.0. The molecule has 0 aromatic carbocycles. The average Bonchev–Trinajstić information content (AvgIpc) is 2.51. The fraction of sp³-hybridized carbons (Fsp3) is 0.875. The van der Waals surface area contributed by atoms with Gasteiger partial charge in [0.1, 0.15) is 0 Å². The van der Waals surface area contributed by atoms with E-state index in [9.17, 15) is 9.59 Å². The summed E-state index contributed by atoms with van der Waals surface area (Å²) in [5, 5.41) is 5.73. The van der Waals surface area contributed by atoms with Crippen molar-refractivity contribution in [1.82, 2.24) is 10.6 Å². The van der Waals surface area contributed by atoms with Gasteiger partial charge in [0.2, 0.25) is 11.8 Å². The second-order valence-electron chi connectivity index (χ2n) is 5.31. The maximum absolute atomic E-state index is 11.5. The van der Waals surface area contributed by atoms with Crippen LogP contribution in [0.4, 0.5) is 0 Å². The molecule has 0 atom stereocenters. The van der Waals surface area contributed by atoms with Gasteiger partial charge in [-0.25, -0.2) is 0 Å². The van der Waals surface area contributed by atoms with E-state index in [1.54, 1.807) is 14.2 Å². The summed E-state index contributed by atoms with van der Waals surface area (Å²) in [7, 11) is 3.31. The Kier molecular flexibility index (Phi) is 15.4. The van der Waals surface area contributed by atoms with Gasteiger partial charge >= 0.3 is 0 Å². The van der Waals surface area contributed by atoms with Crippen LogP contribution in [-0.2, 0) is 19.1 Å². The van der Waals surface area contributed by atoms with E-state index in [4.69, 9.17) is 9.47 Å². The molecule has 0 bridgehead atoms. The van der Waals surface area contributed by atoms with E-state index in [2.05, 4.69) is 10.6 Å². The molecule has 0 rings (SSSR count). The highest BCUT2D eigenvalue weighted by Gasteiger charge is 2.02. The van der Waals surface area contributed by atoms with E-state index >= 15 is 0 Å². The second kappa shape index (κ2) is 16.2. The molecule has 0 aliphatic heterocycles. The fourth-order valence-corrected chi connectivity index (χ4v) is 1.99. The molecule has 0 spiro atoms. The summed E-state index contributed by atoms with van der Waals surface area (Å²) in [5.74, 6) is 0.207. The average molecular weight is 316 g/mol. The van der Waals surface area contributed by atoms with Gasteiger partial charge in [0.25, 0.3) is 0 Å². The van der Waals surface area contributed by atoms with Gasteiger partial charge in [-0.3, -0.25) is 9.59 Å².